The molecule has 2 heterocycles. The lowest BCUT2D eigenvalue weighted by Crippen LogP contribution is -2.55. The number of hydrogen-bond donors (Lipinski definition) is 2. The zero-order valence-electron chi connectivity index (χ0n) is 7.66. The Kier molecular flexibility index (Phi) is 4.56. The Morgan fingerprint density at radius 3 is 2.62 bits per heavy atom. The van der Waals surface area contributed by atoms with Gasteiger partial charge >= 0.3 is 0 Å². The molecule has 0 aromatic heterocycles. The van der Waals surface area contributed by atoms with Gasteiger partial charge in [-0.1, -0.05) is 0 Å². The maximum absolute atomic E-state index is 5.51. The number of allylic oxidation sites excluding steroid dienone is 1. The third-order valence-electron chi connectivity index (χ3n) is 2.42. The molecule has 2 aliphatic heterocycles. The Balaban J connectivity index is 0.000000845. The summed E-state index contributed by atoms with van der Waals surface area (Å²) in [7, 11) is 0. The molecule has 0 aromatic carbocycles. The van der Waals surface area contributed by atoms with E-state index in [1.54, 1.807) is 0 Å². The summed E-state index contributed by atoms with van der Waals surface area (Å²) in [5, 5.41) is 6.84. The van der Waals surface area contributed by atoms with Crippen LogP contribution in [0.3, 0.4) is 0 Å². The van der Waals surface area contributed by atoms with Crippen molar-refractivity contribution in [3.05, 3.63) is 12.3 Å². The third kappa shape index (κ3) is 2.86. The largest absolute Gasteiger partial charge is 0.495 e. The van der Waals surface area contributed by atoms with Crippen LogP contribution in [0, 0.1) is 0 Å². The van der Waals surface area contributed by atoms with Gasteiger partial charge in [0.25, 0.3) is 0 Å². The summed E-state index contributed by atoms with van der Waals surface area (Å²) in [6.45, 7) is 2.22. The Bertz CT molecular complexity index is 169. The number of hydrogen-bond acceptors (Lipinski definition) is 3. The Morgan fingerprint density at radius 2 is 2.00 bits per heavy atom. The Hall–Kier alpha value is -0.250. The summed E-state index contributed by atoms with van der Waals surface area (Å²) in [5.74, 6) is 0. The van der Waals surface area contributed by atoms with Crippen LogP contribution < -0.4 is 10.6 Å². The van der Waals surface area contributed by atoms with E-state index in [9.17, 15) is 0 Å². The van der Waals surface area contributed by atoms with Crippen molar-refractivity contribution in [2.24, 2.45) is 0 Å². The molecule has 13 heavy (non-hydrogen) atoms. The first-order valence-corrected chi connectivity index (χ1v) is 4.74. The predicted octanol–water partition coefficient (Wildman–Crippen LogP) is 1.01. The quantitative estimate of drug-likeness (QED) is 0.669. The van der Waals surface area contributed by atoms with Gasteiger partial charge in [0, 0.05) is 0 Å². The zero-order valence-corrected chi connectivity index (χ0v) is 8.48. The molecule has 1 fully saturated rings. The maximum Gasteiger partial charge on any atom is 0.126 e. The van der Waals surface area contributed by atoms with Gasteiger partial charge in [0.2, 0.25) is 0 Å². The molecule has 0 aliphatic carbocycles. The SMILES string of the molecule is C1=COC(C2NCCCN2)CC1.Cl. The van der Waals surface area contributed by atoms with E-state index < -0.39 is 0 Å². The minimum Gasteiger partial charge on any atom is -0.495 e. The fraction of sp³-hybridized carbons (Fsp3) is 0.778. The lowest BCUT2D eigenvalue weighted by Gasteiger charge is -2.32. The molecular weight excluding hydrogens is 188 g/mol. The van der Waals surface area contributed by atoms with Crippen molar-refractivity contribution in [1.82, 2.24) is 10.6 Å². The minimum absolute atomic E-state index is 0. The van der Waals surface area contributed by atoms with Crippen LogP contribution in [0.5, 0.6) is 0 Å². The van der Waals surface area contributed by atoms with Crippen LogP contribution >= 0.6 is 12.4 Å². The average Bonchev–Trinajstić information content (AvgIpc) is 2.21. The molecule has 2 N–H and O–H groups in total. The van der Waals surface area contributed by atoms with E-state index in [0.717, 1.165) is 25.9 Å². The van der Waals surface area contributed by atoms with Crippen molar-refractivity contribution < 1.29 is 4.74 Å². The van der Waals surface area contributed by atoms with Crippen LogP contribution in [0.25, 0.3) is 0 Å². The molecule has 0 amide bonds. The van der Waals surface area contributed by atoms with Crippen molar-refractivity contribution in [1.29, 1.82) is 0 Å². The van der Waals surface area contributed by atoms with Crippen LogP contribution in [0.15, 0.2) is 12.3 Å². The van der Waals surface area contributed by atoms with Gasteiger partial charge in [0.1, 0.15) is 6.10 Å². The van der Waals surface area contributed by atoms with E-state index in [1.165, 1.54) is 6.42 Å². The Labute approximate surface area is 85.3 Å². The van der Waals surface area contributed by atoms with Gasteiger partial charge < -0.3 is 4.74 Å². The standard InChI is InChI=1S/C9H16N2O.ClH/c1-2-7-12-8(4-1)9-10-5-3-6-11-9;/h2,7-11H,1,3-6H2;1H. The first-order valence-electron chi connectivity index (χ1n) is 4.74. The zero-order chi connectivity index (χ0) is 8.23. The van der Waals surface area contributed by atoms with Crippen molar-refractivity contribution in [3.63, 3.8) is 0 Å². The van der Waals surface area contributed by atoms with E-state index in [1.807, 2.05) is 6.26 Å². The van der Waals surface area contributed by atoms with Crippen LogP contribution in [-0.2, 0) is 4.74 Å². The topological polar surface area (TPSA) is 33.3 Å². The van der Waals surface area contributed by atoms with Crippen LogP contribution in [0.4, 0.5) is 0 Å². The average molecular weight is 205 g/mol. The van der Waals surface area contributed by atoms with Gasteiger partial charge in [-0.15, -0.1) is 12.4 Å². The van der Waals surface area contributed by atoms with Gasteiger partial charge in [-0.25, -0.2) is 0 Å². The van der Waals surface area contributed by atoms with Crippen LogP contribution in [0.2, 0.25) is 0 Å². The molecule has 3 nitrogen and oxygen atoms in total. The second-order valence-electron chi connectivity index (χ2n) is 3.36. The molecule has 0 spiro atoms. The van der Waals surface area contributed by atoms with Crippen molar-refractivity contribution in [3.8, 4) is 0 Å². The molecule has 0 bridgehead atoms. The molecule has 0 aromatic rings. The van der Waals surface area contributed by atoms with E-state index >= 15 is 0 Å². The maximum atomic E-state index is 5.51. The second-order valence-corrected chi connectivity index (χ2v) is 3.36. The normalized spacial score (nSPS) is 29.1. The molecule has 76 valence electrons. The first kappa shape index (κ1) is 10.8. The fourth-order valence-electron chi connectivity index (χ4n) is 1.74. The second kappa shape index (κ2) is 5.47. The van der Waals surface area contributed by atoms with Crippen molar-refractivity contribution in [2.75, 3.05) is 13.1 Å². The van der Waals surface area contributed by atoms with Crippen LogP contribution in [-0.4, -0.2) is 25.4 Å². The number of halogens is 1. The highest BCUT2D eigenvalue weighted by molar-refractivity contribution is 5.85. The molecule has 0 saturated carbocycles. The summed E-state index contributed by atoms with van der Waals surface area (Å²) >= 11 is 0. The molecule has 1 saturated heterocycles. The summed E-state index contributed by atoms with van der Waals surface area (Å²) in [4.78, 5) is 0. The highest BCUT2D eigenvalue weighted by Crippen LogP contribution is 2.13. The lowest BCUT2D eigenvalue weighted by atomic mass is 10.1. The van der Waals surface area contributed by atoms with Crippen molar-refractivity contribution >= 4 is 12.4 Å². The lowest BCUT2D eigenvalue weighted by molar-refractivity contribution is 0.0662. The molecule has 2 aliphatic rings. The van der Waals surface area contributed by atoms with Gasteiger partial charge in [-0.3, -0.25) is 10.6 Å². The Morgan fingerprint density at radius 1 is 1.23 bits per heavy atom. The smallest absolute Gasteiger partial charge is 0.126 e. The third-order valence-corrected chi connectivity index (χ3v) is 2.42. The van der Waals surface area contributed by atoms with Gasteiger partial charge in [-0.2, -0.15) is 0 Å². The summed E-state index contributed by atoms with van der Waals surface area (Å²) in [6.07, 6.45) is 8.09. The number of ether oxygens (including phenoxy) is 1. The van der Waals surface area contributed by atoms with Gasteiger partial charge in [-0.05, 0) is 38.4 Å². The predicted molar refractivity (Wildman–Crippen MR) is 54.9 cm³/mol. The van der Waals surface area contributed by atoms with E-state index in [0.29, 0.717) is 12.3 Å². The van der Waals surface area contributed by atoms with Gasteiger partial charge in [0.15, 0.2) is 0 Å². The van der Waals surface area contributed by atoms with Gasteiger partial charge in [0.05, 0.1) is 12.4 Å². The van der Waals surface area contributed by atoms with Crippen LogP contribution in [0.1, 0.15) is 19.3 Å². The summed E-state index contributed by atoms with van der Waals surface area (Å²) in [6, 6.07) is 0. The highest BCUT2D eigenvalue weighted by atomic mass is 35.5. The van der Waals surface area contributed by atoms with E-state index in [2.05, 4.69) is 16.7 Å². The molecule has 1 atom stereocenters. The molecule has 0 radical (unpaired) electrons. The number of rotatable bonds is 1. The summed E-state index contributed by atoms with van der Waals surface area (Å²) in [5.41, 5.74) is 0. The highest BCUT2D eigenvalue weighted by Gasteiger charge is 2.23. The minimum atomic E-state index is 0. The molecular formula is C9H17ClN2O. The summed E-state index contributed by atoms with van der Waals surface area (Å²) < 4.78 is 5.51. The molecule has 4 heteroatoms. The monoisotopic (exact) mass is 204 g/mol. The fourth-order valence-corrected chi connectivity index (χ4v) is 1.74. The first-order chi connectivity index (χ1) is 5.97. The number of nitrogens with one attached hydrogen (secondary N) is 2. The van der Waals surface area contributed by atoms with Crippen molar-refractivity contribution in [2.45, 2.75) is 31.5 Å². The molecule has 1 unspecified atom stereocenters. The van der Waals surface area contributed by atoms with E-state index in [4.69, 9.17) is 4.74 Å². The molecule has 2 rings (SSSR count). The van der Waals surface area contributed by atoms with E-state index in [-0.39, 0.29) is 12.4 Å².